The Morgan fingerprint density at radius 3 is 2.94 bits per heavy atom. The molecule has 0 aliphatic rings. The molecule has 0 fully saturated rings. The van der Waals surface area contributed by atoms with Crippen LogP contribution in [0.25, 0.3) is 0 Å². The number of rotatable bonds is 4. The fraction of sp³-hybridized carbons (Fsp3) is 0.167. The second kappa shape index (κ2) is 5.27. The van der Waals surface area contributed by atoms with Gasteiger partial charge < -0.3 is 11.1 Å². The molecule has 0 spiro atoms. The lowest BCUT2D eigenvalue weighted by atomic mass is 10.3. The molecule has 0 saturated heterocycles. The van der Waals surface area contributed by atoms with Crippen molar-refractivity contribution in [1.29, 1.82) is 0 Å². The maximum Gasteiger partial charge on any atom is 0.0514 e. The number of hydrogen-bond acceptors (Lipinski definition) is 4. The number of nitrogens with one attached hydrogen (secondary N) is 1. The predicted molar refractivity (Wildman–Crippen MR) is 74.3 cm³/mol. The third kappa shape index (κ3) is 2.71. The fourth-order valence-corrected chi connectivity index (χ4v) is 2.61. The number of hydrogen-bond donors (Lipinski definition) is 2. The lowest BCUT2D eigenvalue weighted by molar-refractivity contribution is 1.19. The Bertz CT molecular complexity index is 466. The Balaban J connectivity index is 2.02. The van der Waals surface area contributed by atoms with Crippen molar-refractivity contribution in [2.24, 2.45) is 0 Å². The normalized spacial score (nSPS) is 10.3. The monoisotopic (exact) mass is 250 g/mol. The van der Waals surface area contributed by atoms with E-state index < -0.39 is 0 Å². The second-order valence-corrected chi connectivity index (χ2v) is 5.26. The Hall–Kier alpha value is -1.13. The van der Waals surface area contributed by atoms with Gasteiger partial charge in [0.25, 0.3) is 0 Å². The van der Waals surface area contributed by atoms with E-state index in [1.54, 1.807) is 23.1 Å². The topological polar surface area (TPSA) is 38.0 Å². The van der Waals surface area contributed by atoms with E-state index >= 15 is 0 Å². The van der Waals surface area contributed by atoms with Crippen LogP contribution in [0.4, 0.5) is 11.4 Å². The third-order valence-electron chi connectivity index (χ3n) is 2.30. The van der Waals surface area contributed by atoms with E-state index in [4.69, 9.17) is 5.73 Å². The van der Waals surface area contributed by atoms with Crippen molar-refractivity contribution in [3.8, 4) is 0 Å². The van der Waals surface area contributed by atoms with Gasteiger partial charge in [-0.2, -0.15) is 0 Å². The fourth-order valence-electron chi connectivity index (χ4n) is 1.41. The van der Waals surface area contributed by atoms with Gasteiger partial charge in [0.2, 0.25) is 0 Å². The summed E-state index contributed by atoms with van der Waals surface area (Å²) < 4.78 is 0. The lowest BCUT2D eigenvalue weighted by Crippen LogP contribution is -1.99. The number of nitrogen functional groups attached to an aromatic ring is 1. The Kier molecular flexibility index (Phi) is 3.74. The van der Waals surface area contributed by atoms with Crippen LogP contribution in [-0.2, 0) is 6.54 Å². The van der Waals surface area contributed by atoms with Crippen molar-refractivity contribution in [2.75, 3.05) is 17.3 Å². The van der Waals surface area contributed by atoms with Gasteiger partial charge in [-0.1, -0.05) is 6.07 Å². The van der Waals surface area contributed by atoms with Gasteiger partial charge in [0.05, 0.1) is 6.54 Å². The molecule has 0 amide bonds. The quantitative estimate of drug-likeness (QED) is 0.813. The third-order valence-corrected chi connectivity index (χ3v) is 3.96. The van der Waals surface area contributed by atoms with Crippen molar-refractivity contribution in [3.05, 3.63) is 40.6 Å². The van der Waals surface area contributed by atoms with Crippen LogP contribution in [0.15, 0.2) is 40.6 Å². The van der Waals surface area contributed by atoms with Gasteiger partial charge in [-0.3, -0.25) is 0 Å². The average Bonchev–Trinajstić information content (AvgIpc) is 2.72. The van der Waals surface area contributed by atoms with E-state index in [0.717, 1.165) is 17.9 Å². The molecule has 0 saturated carbocycles. The van der Waals surface area contributed by atoms with Gasteiger partial charge in [-0.15, -0.1) is 23.1 Å². The van der Waals surface area contributed by atoms with Crippen LogP contribution >= 0.6 is 23.1 Å². The minimum atomic E-state index is 0.793. The summed E-state index contributed by atoms with van der Waals surface area (Å²) in [6.07, 6.45) is 2.08. The molecule has 2 rings (SSSR count). The van der Waals surface area contributed by atoms with Crippen molar-refractivity contribution in [1.82, 2.24) is 0 Å². The van der Waals surface area contributed by atoms with Crippen LogP contribution in [0.3, 0.4) is 0 Å². The summed E-state index contributed by atoms with van der Waals surface area (Å²) in [4.78, 5) is 2.46. The second-order valence-electron chi connectivity index (χ2n) is 3.38. The highest BCUT2D eigenvalue weighted by molar-refractivity contribution is 7.98. The van der Waals surface area contributed by atoms with Crippen molar-refractivity contribution < 1.29 is 0 Å². The predicted octanol–water partition coefficient (Wildman–Crippen LogP) is 3.66. The first-order valence-electron chi connectivity index (χ1n) is 4.99. The molecule has 1 aromatic heterocycles. The van der Waals surface area contributed by atoms with Crippen LogP contribution in [-0.4, -0.2) is 6.26 Å². The summed E-state index contributed by atoms with van der Waals surface area (Å²) in [7, 11) is 0. The summed E-state index contributed by atoms with van der Waals surface area (Å²) in [6, 6.07) is 10.3. The first-order valence-corrected chi connectivity index (χ1v) is 7.10. The van der Waals surface area contributed by atoms with Gasteiger partial charge in [0.1, 0.15) is 0 Å². The number of anilines is 2. The smallest absolute Gasteiger partial charge is 0.0514 e. The molecule has 4 heteroatoms. The van der Waals surface area contributed by atoms with Crippen molar-refractivity contribution in [3.63, 3.8) is 0 Å². The zero-order valence-electron chi connectivity index (χ0n) is 9.07. The molecule has 84 valence electrons. The molecule has 0 aliphatic carbocycles. The first kappa shape index (κ1) is 11.4. The maximum absolute atomic E-state index is 5.83. The Morgan fingerprint density at radius 2 is 2.25 bits per heavy atom. The molecule has 1 heterocycles. The SMILES string of the molecule is CSc1cccc(NCc2sccc2N)c1. The zero-order valence-corrected chi connectivity index (χ0v) is 10.7. The summed E-state index contributed by atoms with van der Waals surface area (Å²) in [5.41, 5.74) is 7.84. The molecule has 0 radical (unpaired) electrons. The standard InChI is InChI=1S/C12H14N2S2/c1-15-10-4-2-3-9(7-10)14-8-12-11(13)5-6-16-12/h2-7,14H,8,13H2,1H3. The summed E-state index contributed by atoms with van der Waals surface area (Å²) in [5.74, 6) is 0. The molecule has 3 N–H and O–H groups in total. The van der Waals surface area contributed by atoms with Gasteiger partial charge in [0.15, 0.2) is 0 Å². The van der Waals surface area contributed by atoms with Crippen molar-refractivity contribution >= 4 is 34.5 Å². The molecular weight excluding hydrogens is 236 g/mol. The zero-order chi connectivity index (χ0) is 11.4. The van der Waals surface area contributed by atoms with E-state index in [2.05, 4.69) is 35.8 Å². The molecule has 2 nitrogen and oxygen atoms in total. The molecule has 1 aromatic carbocycles. The van der Waals surface area contributed by atoms with Gasteiger partial charge >= 0.3 is 0 Å². The minimum Gasteiger partial charge on any atom is -0.398 e. The molecule has 16 heavy (non-hydrogen) atoms. The first-order chi connectivity index (χ1) is 7.79. The summed E-state index contributed by atoms with van der Waals surface area (Å²) in [5, 5.41) is 5.40. The molecule has 0 bridgehead atoms. The van der Waals surface area contributed by atoms with Gasteiger partial charge in [0, 0.05) is 21.1 Å². The van der Waals surface area contributed by atoms with Crippen LogP contribution in [0, 0.1) is 0 Å². The largest absolute Gasteiger partial charge is 0.398 e. The van der Waals surface area contributed by atoms with Gasteiger partial charge in [-0.05, 0) is 35.9 Å². The number of thioether (sulfide) groups is 1. The van der Waals surface area contributed by atoms with E-state index in [0.29, 0.717) is 0 Å². The number of benzene rings is 1. The average molecular weight is 250 g/mol. The van der Waals surface area contributed by atoms with E-state index in [-0.39, 0.29) is 0 Å². The van der Waals surface area contributed by atoms with Crippen LogP contribution < -0.4 is 11.1 Å². The molecule has 0 atom stereocenters. The van der Waals surface area contributed by atoms with E-state index in [1.807, 2.05) is 11.4 Å². The molecule has 0 aliphatic heterocycles. The van der Waals surface area contributed by atoms with E-state index in [9.17, 15) is 0 Å². The van der Waals surface area contributed by atoms with Gasteiger partial charge in [-0.25, -0.2) is 0 Å². The van der Waals surface area contributed by atoms with Crippen LogP contribution in [0.2, 0.25) is 0 Å². The summed E-state index contributed by atoms with van der Waals surface area (Å²) >= 11 is 3.43. The molecule has 2 aromatic rings. The Morgan fingerprint density at radius 1 is 1.38 bits per heavy atom. The van der Waals surface area contributed by atoms with Crippen LogP contribution in [0.5, 0.6) is 0 Å². The maximum atomic E-state index is 5.83. The lowest BCUT2D eigenvalue weighted by Gasteiger charge is -2.06. The van der Waals surface area contributed by atoms with Crippen molar-refractivity contribution in [2.45, 2.75) is 11.4 Å². The number of thiophene rings is 1. The highest BCUT2D eigenvalue weighted by Gasteiger charge is 2.00. The van der Waals surface area contributed by atoms with E-state index in [1.165, 1.54) is 9.77 Å². The summed E-state index contributed by atoms with van der Waals surface area (Å²) in [6.45, 7) is 0.793. The highest BCUT2D eigenvalue weighted by atomic mass is 32.2. The highest BCUT2D eigenvalue weighted by Crippen LogP contribution is 2.22. The number of nitrogens with two attached hydrogens (primary N) is 1. The molecule has 0 unspecified atom stereocenters. The Labute approximate surface area is 104 Å². The minimum absolute atomic E-state index is 0.793. The molecular formula is C12H14N2S2. The van der Waals surface area contributed by atoms with Crippen LogP contribution in [0.1, 0.15) is 4.88 Å².